The molecule has 0 bridgehead atoms. The van der Waals surface area contributed by atoms with Gasteiger partial charge >= 0.3 is 0 Å². The maximum absolute atomic E-state index is 13.1. The minimum atomic E-state index is -0.315. The lowest BCUT2D eigenvalue weighted by molar-refractivity contribution is -0.121. The molecule has 8 nitrogen and oxygen atoms in total. The number of nitrogens with zero attached hydrogens (tertiary/aromatic N) is 4. The lowest BCUT2D eigenvalue weighted by atomic mass is 9.83. The second kappa shape index (κ2) is 11.2. The number of nitrogens with one attached hydrogen (secondary N) is 1. The van der Waals surface area contributed by atoms with Gasteiger partial charge in [-0.1, -0.05) is 36.9 Å². The number of carbonyl (C=O) groups excluding carboxylic acids is 2. The normalized spacial score (nSPS) is 18.6. The molecule has 1 saturated carbocycles. The van der Waals surface area contributed by atoms with Crippen LogP contribution in [-0.4, -0.2) is 51.7 Å². The summed E-state index contributed by atoms with van der Waals surface area (Å²) in [5.41, 5.74) is 3.43. The summed E-state index contributed by atoms with van der Waals surface area (Å²) >= 11 is 7.61. The van der Waals surface area contributed by atoms with E-state index in [0.29, 0.717) is 41.3 Å². The molecule has 2 amide bonds. The minimum absolute atomic E-state index is 0.126. The quantitative estimate of drug-likeness (QED) is 0.429. The summed E-state index contributed by atoms with van der Waals surface area (Å²) in [5.74, 6) is 0.716. The van der Waals surface area contributed by atoms with Gasteiger partial charge in [-0.05, 0) is 49.3 Å². The zero-order valence-corrected chi connectivity index (χ0v) is 22.8. The maximum Gasteiger partial charge on any atom is 0.258 e. The Labute approximate surface area is 226 Å². The van der Waals surface area contributed by atoms with E-state index in [1.54, 1.807) is 19.1 Å². The number of piperidine rings is 1. The van der Waals surface area contributed by atoms with Gasteiger partial charge in [0, 0.05) is 31.1 Å². The van der Waals surface area contributed by atoms with Crippen LogP contribution in [0.3, 0.4) is 0 Å². The van der Waals surface area contributed by atoms with Gasteiger partial charge in [0.1, 0.15) is 10.9 Å². The first-order valence-electron chi connectivity index (χ1n) is 12.9. The van der Waals surface area contributed by atoms with Crippen LogP contribution in [0.5, 0.6) is 5.75 Å². The van der Waals surface area contributed by atoms with Crippen molar-refractivity contribution in [3.05, 3.63) is 46.1 Å². The van der Waals surface area contributed by atoms with Crippen molar-refractivity contribution in [3.8, 4) is 17.0 Å². The number of aromatic nitrogens is 3. The van der Waals surface area contributed by atoms with E-state index < -0.39 is 0 Å². The Balaban J connectivity index is 1.27. The van der Waals surface area contributed by atoms with Crippen molar-refractivity contribution in [2.45, 2.75) is 50.9 Å². The summed E-state index contributed by atoms with van der Waals surface area (Å²) in [6.07, 6.45) is 9.25. The lowest BCUT2D eigenvalue weighted by Crippen LogP contribution is -2.43. The van der Waals surface area contributed by atoms with Crippen LogP contribution in [0, 0.1) is 5.92 Å². The van der Waals surface area contributed by atoms with Crippen LogP contribution in [0.1, 0.15) is 66.8 Å². The van der Waals surface area contributed by atoms with Crippen molar-refractivity contribution in [2.24, 2.45) is 13.0 Å². The number of rotatable bonds is 6. The van der Waals surface area contributed by atoms with E-state index in [1.807, 2.05) is 11.4 Å². The fraction of sp³-hybridized carbons (Fsp3) is 0.481. The van der Waals surface area contributed by atoms with Crippen molar-refractivity contribution < 1.29 is 14.3 Å². The van der Waals surface area contributed by atoms with Gasteiger partial charge in [0.05, 0.1) is 30.5 Å². The molecular formula is C27H32ClN5O3S. The first-order chi connectivity index (χ1) is 17.9. The molecule has 0 radical (unpaired) electrons. The van der Waals surface area contributed by atoms with Gasteiger partial charge in [-0.3, -0.25) is 14.3 Å². The molecule has 3 heterocycles. The van der Waals surface area contributed by atoms with E-state index in [-0.39, 0.29) is 17.7 Å². The van der Waals surface area contributed by atoms with Crippen LogP contribution in [-0.2, 0) is 11.8 Å². The first kappa shape index (κ1) is 25.7. The predicted octanol–water partition coefficient (Wildman–Crippen LogP) is 5.74. The molecule has 10 heteroatoms. The third kappa shape index (κ3) is 5.52. The van der Waals surface area contributed by atoms with E-state index in [9.17, 15) is 9.59 Å². The molecule has 2 aromatic heterocycles. The average Bonchev–Trinajstić information content (AvgIpc) is 3.54. The molecule has 1 atom stereocenters. The Morgan fingerprint density at radius 2 is 1.97 bits per heavy atom. The van der Waals surface area contributed by atoms with Gasteiger partial charge in [-0.25, -0.2) is 4.98 Å². The zero-order valence-electron chi connectivity index (χ0n) is 21.2. The third-order valence-electron chi connectivity index (χ3n) is 7.49. The highest BCUT2D eigenvalue weighted by atomic mass is 35.5. The molecule has 1 saturated heterocycles. The summed E-state index contributed by atoms with van der Waals surface area (Å²) in [4.78, 5) is 32.5. The number of likely N-dealkylation sites (tertiary alicyclic amines) is 1. The van der Waals surface area contributed by atoms with Gasteiger partial charge in [0.25, 0.3) is 5.91 Å². The van der Waals surface area contributed by atoms with E-state index in [2.05, 4.69) is 22.5 Å². The molecule has 3 aromatic rings. The number of thiazole rings is 1. The summed E-state index contributed by atoms with van der Waals surface area (Å²) in [7, 11) is 3.36. The van der Waals surface area contributed by atoms with Crippen LogP contribution in [0.15, 0.2) is 29.8 Å². The fourth-order valence-electron chi connectivity index (χ4n) is 5.39. The number of anilines is 1. The van der Waals surface area contributed by atoms with Gasteiger partial charge in [-0.2, -0.15) is 5.10 Å². The number of hydrogen-bond acceptors (Lipinski definition) is 6. The topological polar surface area (TPSA) is 89.4 Å². The number of halogens is 1. The smallest absolute Gasteiger partial charge is 0.258 e. The lowest BCUT2D eigenvalue weighted by Gasteiger charge is -2.31. The SMILES string of the molecule is COc1ccc(C2CCCCC2)cc1-c1csc(NC(=O)C2CCCN(C(=O)c3cnn(C)c3Cl)C2)n1. The van der Waals surface area contributed by atoms with E-state index in [0.717, 1.165) is 23.4 Å². The summed E-state index contributed by atoms with van der Waals surface area (Å²) in [6, 6.07) is 6.39. The molecule has 0 spiro atoms. The molecule has 37 heavy (non-hydrogen) atoms. The Kier molecular flexibility index (Phi) is 7.81. The van der Waals surface area contributed by atoms with Crippen LogP contribution in [0.2, 0.25) is 5.15 Å². The fourth-order valence-corrected chi connectivity index (χ4v) is 6.28. The van der Waals surface area contributed by atoms with E-state index >= 15 is 0 Å². The molecule has 2 fully saturated rings. The largest absolute Gasteiger partial charge is 0.496 e. The summed E-state index contributed by atoms with van der Waals surface area (Å²) < 4.78 is 7.09. The average molecular weight is 542 g/mol. The number of benzene rings is 1. The molecule has 1 N–H and O–H groups in total. The van der Waals surface area contributed by atoms with Crippen molar-refractivity contribution >= 4 is 39.9 Å². The van der Waals surface area contributed by atoms with Crippen LogP contribution >= 0.6 is 22.9 Å². The first-order valence-corrected chi connectivity index (χ1v) is 14.1. The number of amides is 2. The van der Waals surface area contributed by atoms with E-state index in [1.165, 1.54) is 59.9 Å². The van der Waals surface area contributed by atoms with Gasteiger partial charge in [-0.15, -0.1) is 11.3 Å². The Hall–Kier alpha value is -2.91. The minimum Gasteiger partial charge on any atom is -0.496 e. The Bertz CT molecular complexity index is 1280. The van der Waals surface area contributed by atoms with Crippen molar-refractivity contribution in [2.75, 3.05) is 25.5 Å². The van der Waals surface area contributed by atoms with Gasteiger partial charge in [0.15, 0.2) is 5.13 Å². The standard InChI is InChI=1S/C27H32ClN5O3S/c1-32-24(28)21(14-29-32)26(35)33-12-6-9-19(15-33)25(34)31-27-30-22(16-37-27)20-13-18(10-11-23(20)36-2)17-7-4-3-5-8-17/h10-11,13-14,16-17,19H,3-9,12,15H2,1-2H3,(H,30,31,34). The summed E-state index contributed by atoms with van der Waals surface area (Å²) in [6.45, 7) is 0.928. The molecular weight excluding hydrogens is 510 g/mol. The number of hydrogen-bond donors (Lipinski definition) is 1. The van der Waals surface area contributed by atoms with Gasteiger partial charge < -0.3 is 15.0 Å². The van der Waals surface area contributed by atoms with Crippen molar-refractivity contribution in [1.82, 2.24) is 19.7 Å². The second-order valence-electron chi connectivity index (χ2n) is 9.88. The van der Waals surface area contributed by atoms with Crippen LogP contribution in [0.4, 0.5) is 5.13 Å². The molecule has 1 aliphatic carbocycles. The van der Waals surface area contributed by atoms with Crippen LogP contribution in [0.25, 0.3) is 11.3 Å². The highest BCUT2D eigenvalue weighted by molar-refractivity contribution is 7.14. The van der Waals surface area contributed by atoms with E-state index in [4.69, 9.17) is 21.3 Å². The monoisotopic (exact) mass is 541 g/mol. The maximum atomic E-state index is 13.1. The molecule has 1 unspecified atom stereocenters. The molecule has 2 aliphatic rings. The second-order valence-corrected chi connectivity index (χ2v) is 11.1. The van der Waals surface area contributed by atoms with Crippen LogP contribution < -0.4 is 10.1 Å². The molecule has 1 aliphatic heterocycles. The number of methoxy groups -OCH3 is 1. The Morgan fingerprint density at radius 3 is 2.70 bits per heavy atom. The van der Waals surface area contributed by atoms with Crippen molar-refractivity contribution in [1.29, 1.82) is 0 Å². The molecule has 1 aromatic carbocycles. The summed E-state index contributed by atoms with van der Waals surface area (Å²) in [5, 5.41) is 9.84. The molecule has 196 valence electrons. The highest BCUT2D eigenvalue weighted by Gasteiger charge is 2.31. The third-order valence-corrected chi connectivity index (χ3v) is 8.69. The predicted molar refractivity (Wildman–Crippen MR) is 145 cm³/mol. The molecule has 5 rings (SSSR count). The number of carbonyl (C=O) groups is 2. The highest BCUT2D eigenvalue weighted by Crippen LogP contribution is 2.39. The number of ether oxygens (including phenoxy) is 1. The Morgan fingerprint density at radius 1 is 1.16 bits per heavy atom. The van der Waals surface area contributed by atoms with Crippen molar-refractivity contribution in [3.63, 3.8) is 0 Å². The number of aryl methyl sites for hydroxylation is 1. The zero-order chi connectivity index (χ0) is 25.9. The van der Waals surface area contributed by atoms with Gasteiger partial charge in [0.2, 0.25) is 5.91 Å².